The number of nitrogens with zero attached hydrogens (tertiary/aromatic N) is 1. The van der Waals surface area contributed by atoms with Crippen LogP contribution >= 0.6 is 43.5 Å². The van der Waals surface area contributed by atoms with Crippen molar-refractivity contribution in [2.24, 2.45) is 5.16 Å². The highest BCUT2D eigenvalue weighted by Gasteiger charge is 2.14. The number of hydrogen-bond acceptors (Lipinski definition) is 5. The van der Waals surface area contributed by atoms with Gasteiger partial charge in [0.25, 0.3) is 0 Å². The molecule has 1 aromatic rings. The van der Waals surface area contributed by atoms with Gasteiger partial charge < -0.3 is 9.57 Å². The average Bonchev–Trinajstić information content (AvgIpc) is 2.47. The van der Waals surface area contributed by atoms with Crippen molar-refractivity contribution in [3.05, 3.63) is 26.6 Å². The SMILES string of the molecule is CCC(=O)O/N=C(/Cl)c1cc(Br)c(OC(=O)CC)c(Br)c1. The van der Waals surface area contributed by atoms with Crippen LogP contribution in [0.1, 0.15) is 32.3 Å². The smallest absolute Gasteiger partial charge is 0.334 e. The van der Waals surface area contributed by atoms with Crippen LogP contribution in [0.15, 0.2) is 26.2 Å². The lowest BCUT2D eigenvalue weighted by molar-refractivity contribution is -0.143. The monoisotopic (exact) mass is 439 g/mol. The van der Waals surface area contributed by atoms with Gasteiger partial charge in [-0.25, -0.2) is 4.79 Å². The summed E-state index contributed by atoms with van der Waals surface area (Å²) in [5, 5.41) is 3.54. The Hall–Kier alpha value is -0.920. The Morgan fingerprint density at radius 3 is 2.14 bits per heavy atom. The summed E-state index contributed by atoms with van der Waals surface area (Å²) in [6.45, 7) is 3.35. The van der Waals surface area contributed by atoms with Crippen molar-refractivity contribution in [1.29, 1.82) is 0 Å². The highest BCUT2D eigenvalue weighted by molar-refractivity contribution is 9.11. The van der Waals surface area contributed by atoms with E-state index >= 15 is 0 Å². The fraction of sp³-hybridized carbons (Fsp3) is 0.308. The predicted molar refractivity (Wildman–Crippen MR) is 86.5 cm³/mol. The van der Waals surface area contributed by atoms with E-state index < -0.39 is 5.97 Å². The number of halogens is 3. The topological polar surface area (TPSA) is 65.0 Å². The molecule has 0 aliphatic carbocycles. The first-order valence-corrected chi connectivity index (χ1v) is 7.98. The molecule has 21 heavy (non-hydrogen) atoms. The Balaban J connectivity index is 3.02. The van der Waals surface area contributed by atoms with Gasteiger partial charge in [0.05, 0.1) is 8.95 Å². The molecule has 0 saturated heterocycles. The minimum absolute atomic E-state index is 0.00608. The van der Waals surface area contributed by atoms with Gasteiger partial charge in [0.2, 0.25) is 0 Å². The van der Waals surface area contributed by atoms with Crippen LogP contribution in [0.3, 0.4) is 0 Å². The third-order valence-corrected chi connectivity index (χ3v) is 3.72. The third-order valence-electron chi connectivity index (χ3n) is 2.26. The van der Waals surface area contributed by atoms with Crippen LogP contribution in [-0.2, 0) is 14.4 Å². The number of benzene rings is 1. The summed E-state index contributed by atoms with van der Waals surface area (Å²) in [6.07, 6.45) is 0.461. The molecule has 0 fully saturated rings. The predicted octanol–water partition coefficient (Wildman–Crippen LogP) is 4.38. The first-order chi connectivity index (χ1) is 9.88. The molecule has 0 bridgehead atoms. The zero-order valence-electron chi connectivity index (χ0n) is 11.3. The van der Waals surface area contributed by atoms with Crippen molar-refractivity contribution >= 4 is 60.6 Å². The minimum Gasteiger partial charge on any atom is -0.424 e. The maximum absolute atomic E-state index is 11.3. The van der Waals surface area contributed by atoms with Crippen molar-refractivity contribution in [3.8, 4) is 5.75 Å². The van der Waals surface area contributed by atoms with Gasteiger partial charge >= 0.3 is 11.9 Å². The van der Waals surface area contributed by atoms with Gasteiger partial charge in [-0.2, -0.15) is 0 Å². The van der Waals surface area contributed by atoms with Crippen molar-refractivity contribution in [2.75, 3.05) is 0 Å². The quantitative estimate of drug-likeness (QED) is 0.224. The van der Waals surface area contributed by atoms with E-state index in [1.165, 1.54) is 0 Å². The molecule has 0 atom stereocenters. The summed E-state index contributed by atoms with van der Waals surface area (Å²) in [4.78, 5) is 27.0. The molecule has 114 valence electrons. The Kier molecular flexibility index (Phi) is 7.34. The first-order valence-electron chi connectivity index (χ1n) is 6.02. The molecular formula is C13H12Br2ClNO4. The third kappa shape index (κ3) is 5.41. The van der Waals surface area contributed by atoms with Crippen LogP contribution in [0.4, 0.5) is 0 Å². The standard InChI is InChI=1S/C13H12Br2ClNO4/c1-3-10(18)20-12-8(14)5-7(6-9(12)15)13(16)17-21-11(19)4-2/h5-6H,3-4H2,1-2H3/b17-13+. The van der Waals surface area contributed by atoms with Gasteiger partial charge in [0.15, 0.2) is 10.9 Å². The Morgan fingerprint density at radius 2 is 1.67 bits per heavy atom. The molecule has 8 heteroatoms. The molecule has 0 amide bonds. The summed E-state index contributed by atoms with van der Waals surface area (Å²) < 4.78 is 6.21. The maximum atomic E-state index is 11.3. The molecule has 0 aliphatic heterocycles. The van der Waals surface area contributed by atoms with Gasteiger partial charge in [-0.15, -0.1) is 0 Å². The molecule has 0 aliphatic rings. The number of ether oxygens (including phenoxy) is 1. The van der Waals surface area contributed by atoms with E-state index in [4.69, 9.17) is 16.3 Å². The fourth-order valence-electron chi connectivity index (χ4n) is 1.17. The maximum Gasteiger partial charge on any atom is 0.334 e. The molecule has 5 nitrogen and oxygen atoms in total. The van der Waals surface area contributed by atoms with Gasteiger partial charge in [-0.1, -0.05) is 30.6 Å². The second-order valence-corrected chi connectivity index (χ2v) is 5.86. The van der Waals surface area contributed by atoms with E-state index in [2.05, 4.69) is 41.9 Å². The number of carbonyl (C=O) groups is 2. The number of oxime groups is 1. The van der Waals surface area contributed by atoms with E-state index in [1.807, 2.05) is 0 Å². The van der Waals surface area contributed by atoms with Crippen LogP contribution in [0, 0.1) is 0 Å². The van der Waals surface area contributed by atoms with Gasteiger partial charge in [-0.3, -0.25) is 4.79 Å². The normalized spacial score (nSPS) is 11.2. The molecule has 0 N–H and O–H groups in total. The van der Waals surface area contributed by atoms with Crippen molar-refractivity contribution in [1.82, 2.24) is 0 Å². The molecule has 1 rings (SSSR count). The zero-order chi connectivity index (χ0) is 16.0. The van der Waals surface area contributed by atoms with E-state index in [0.29, 0.717) is 20.3 Å². The number of esters is 1. The largest absolute Gasteiger partial charge is 0.424 e. The number of hydrogen-bond donors (Lipinski definition) is 0. The minimum atomic E-state index is -0.486. The Morgan fingerprint density at radius 1 is 1.14 bits per heavy atom. The second-order valence-electron chi connectivity index (χ2n) is 3.80. The lowest BCUT2D eigenvalue weighted by Crippen LogP contribution is -2.07. The highest BCUT2D eigenvalue weighted by Crippen LogP contribution is 2.35. The molecule has 0 radical (unpaired) electrons. The lowest BCUT2D eigenvalue weighted by Gasteiger charge is -2.09. The van der Waals surface area contributed by atoms with Crippen LogP contribution < -0.4 is 4.74 Å². The van der Waals surface area contributed by atoms with Crippen LogP contribution in [-0.4, -0.2) is 17.1 Å². The van der Waals surface area contributed by atoms with E-state index in [-0.39, 0.29) is 24.0 Å². The summed E-state index contributed by atoms with van der Waals surface area (Å²) in [5.74, 6) is -0.499. The summed E-state index contributed by atoms with van der Waals surface area (Å²) >= 11 is 12.5. The average molecular weight is 442 g/mol. The summed E-state index contributed by atoms with van der Waals surface area (Å²) in [5.41, 5.74) is 0.496. The zero-order valence-corrected chi connectivity index (χ0v) is 15.2. The fourth-order valence-corrected chi connectivity index (χ4v) is 2.66. The van der Waals surface area contributed by atoms with Crippen LogP contribution in [0.2, 0.25) is 0 Å². The Bertz CT molecular complexity index is 567. The molecule has 1 aromatic carbocycles. The summed E-state index contributed by atoms with van der Waals surface area (Å²) in [7, 11) is 0. The molecule has 0 heterocycles. The van der Waals surface area contributed by atoms with Crippen molar-refractivity contribution < 1.29 is 19.2 Å². The lowest BCUT2D eigenvalue weighted by atomic mass is 10.2. The highest BCUT2D eigenvalue weighted by atomic mass is 79.9. The van der Waals surface area contributed by atoms with Crippen LogP contribution in [0.25, 0.3) is 0 Å². The van der Waals surface area contributed by atoms with Gasteiger partial charge in [0.1, 0.15) is 0 Å². The van der Waals surface area contributed by atoms with E-state index in [1.54, 1.807) is 26.0 Å². The van der Waals surface area contributed by atoms with Gasteiger partial charge in [0, 0.05) is 18.4 Å². The molecular weight excluding hydrogens is 429 g/mol. The van der Waals surface area contributed by atoms with Crippen LogP contribution in [0.5, 0.6) is 5.75 Å². The van der Waals surface area contributed by atoms with E-state index in [9.17, 15) is 9.59 Å². The summed E-state index contributed by atoms with van der Waals surface area (Å²) in [6, 6.07) is 3.21. The van der Waals surface area contributed by atoms with E-state index in [0.717, 1.165) is 0 Å². The van der Waals surface area contributed by atoms with Crippen molar-refractivity contribution in [2.45, 2.75) is 26.7 Å². The molecule has 0 spiro atoms. The number of carbonyl (C=O) groups excluding carboxylic acids is 2. The number of rotatable bonds is 5. The van der Waals surface area contributed by atoms with Gasteiger partial charge in [-0.05, 0) is 44.0 Å². The molecule has 0 unspecified atom stereocenters. The second kappa shape index (κ2) is 8.51. The molecule has 0 saturated carbocycles. The van der Waals surface area contributed by atoms with Crippen molar-refractivity contribution in [3.63, 3.8) is 0 Å². The first kappa shape index (κ1) is 18.1. The molecule has 0 aromatic heterocycles. The Labute approximate surface area is 143 Å².